The van der Waals surface area contributed by atoms with Gasteiger partial charge in [0.25, 0.3) is 11.7 Å². The number of nitrogens with zero attached hydrogens (tertiary/aromatic N) is 1. The Morgan fingerprint density at radius 1 is 1.29 bits per heavy atom. The van der Waals surface area contributed by atoms with Crippen LogP contribution in [0.3, 0.4) is 0 Å². The van der Waals surface area contributed by atoms with Gasteiger partial charge < -0.3 is 14.4 Å². The molecule has 0 radical (unpaired) electrons. The lowest BCUT2D eigenvalue weighted by Gasteiger charge is -2.32. The smallest absolute Gasteiger partial charge is 0.292 e. The summed E-state index contributed by atoms with van der Waals surface area (Å²) in [5.41, 5.74) is 4.06. The van der Waals surface area contributed by atoms with Crippen LogP contribution >= 0.6 is 15.9 Å². The second kappa shape index (κ2) is 5.71. The number of carbonyl (C=O) groups excluding carboxylic acids is 1. The van der Waals surface area contributed by atoms with E-state index in [-0.39, 0.29) is 5.91 Å². The molecule has 0 aliphatic carbocycles. The van der Waals surface area contributed by atoms with E-state index >= 15 is 0 Å². The Bertz CT molecular complexity index is 567. The van der Waals surface area contributed by atoms with Gasteiger partial charge in [0, 0.05) is 17.4 Å². The van der Waals surface area contributed by atoms with Gasteiger partial charge in [0.05, 0.1) is 18.9 Å². The molecule has 0 saturated carbocycles. The molecule has 21 heavy (non-hydrogen) atoms. The zero-order chi connectivity index (χ0) is 15.0. The molecule has 4 nitrogen and oxygen atoms in total. The lowest BCUT2D eigenvalue weighted by molar-refractivity contribution is -0.256. The average Bonchev–Trinajstić information content (AvgIpc) is 2.69. The molecule has 114 valence electrons. The van der Waals surface area contributed by atoms with Gasteiger partial charge in [-0.3, -0.25) is 4.79 Å². The van der Waals surface area contributed by atoms with Crippen LogP contribution in [-0.2, 0) is 20.1 Å². The zero-order valence-corrected chi connectivity index (χ0v) is 14.0. The van der Waals surface area contributed by atoms with E-state index in [2.05, 4.69) is 22.0 Å². The summed E-state index contributed by atoms with van der Waals surface area (Å²) in [6.07, 6.45) is 1.73. The van der Waals surface area contributed by atoms with Gasteiger partial charge >= 0.3 is 0 Å². The topological polar surface area (TPSA) is 38.8 Å². The summed E-state index contributed by atoms with van der Waals surface area (Å²) >= 11 is 3.43. The number of carbonyl (C=O) groups is 1. The molecule has 3 rings (SSSR count). The Morgan fingerprint density at radius 3 is 2.67 bits per heavy atom. The van der Waals surface area contributed by atoms with Crippen LogP contribution in [-0.4, -0.2) is 31.0 Å². The van der Waals surface area contributed by atoms with Crippen molar-refractivity contribution in [3.8, 4) is 0 Å². The Balaban J connectivity index is 2.12. The molecule has 0 atom stereocenters. The first-order chi connectivity index (χ1) is 10.1. The molecule has 1 aromatic rings. The van der Waals surface area contributed by atoms with E-state index in [1.807, 2.05) is 24.8 Å². The fraction of sp³-hybridized carbons (Fsp3) is 0.562. The van der Waals surface area contributed by atoms with E-state index in [1.165, 1.54) is 0 Å². The third-order valence-corrected chi connectivity index (χ3v) is 4.57. The lowest BCUT2D eigenvalue weighted by atomic mass is 10.00. The van der Waals surface area contributed by atoms with Crippen molar-refractivity contribution in [1.29, 1.82) is 0 Å². The summed E-state index contributed by atoms with van der Waals surface area (Å²) in [6, 6.07) is 4.13. The first-order valence-electron chi connectivity index (χ1n) is 7.38. The summed E-state index contributed by atoms with van der Waals surface area (Å²) in [4.78, 5) is 14.8. The summed E-state index contributed by atoms with van der Waals surface area (Å²) in [5.74, 6) is -1.29. The number of benzene rings is 1. The largest absolute Gasteiger partial charge is 0.338 e. The minimum atomic E-state index is -1.21. The Labute approximate surface area is 133 Å². The van der Waals surface area contributed by atoms with Crippen LogP contribution in [0.1, 0.15) is 29.5 Å². The van der Waals surface area contributed by atoms with E-state index < -0.39 is 5.79 Å². The first-order valence-corrected chi connectivity index (χ1v) is 8.50. The number of rotatable bonds is 3. The second-order valence-corrected chi connectivity index (χ2v) is 6.44. The monoisotopic (exact) mass is 353 g/mol. The van der Waals surface area contributed by atoms with Crippen LogP contribution in [0.2, 0.25) is 0 Å². The maximum atomic E-state index is 13.0. The van der Waals surface area contributed by atoms with Gasteiger partial charge in [-0.2, -0.15) is 0 Å². The highest BCUT2D eigenvalue weighted by atomic mass is 79.9. The predicted molar refractivity (Wildman–Crippen MR) is 84.9 cm³/mol. The first kappa shape index (κ1) is 15.0. The Morgan fingerprint density at radius 2 is 2.00 bits per heavy atom. The molecule has 1 amide bonds. The quantitative estimate of drug-likeness (QED) is 0.784. The maximum Gasteiger partial charge on any atom is 0.292 e. The van der Waals surface area contributed by atoms with Gasteiger partial charge in [-0.15, -0.1) is 0 Å². The van der Waals surface area contributed by atoms with E-state index in [0.717, 1.165) is 40.5 Å². The van der Waals surface area contributed by atoms with Crippen molar-refractivity contribution in [2.45, 2.75) is 32.5 Å². The molecule has 1 fully saturated rings. The normalized spacial score (nSPS) is 20.1. The number of anilines is 1. The summed E-state index contributed by atoms with van der Waals surface area (Å²) in [5, 5.41) is 0.867. The van der Waals surface area contributed by atoms with Crippen molar-refractivity contribution in [3.05, 3.63) is 28.8 Å². The van der Waals surface area contributed by atoms with Gasteiger partial charge in [-0.25, -0.2) is 0 Å². The molecular weight excluding hydrogens is 334 g/mol. The standard InChI is InChI=1S/C16H20BrNO3/c1-11-9-12(2)14-13(10-11)16(20-7-4-8-21-16)15(19)18(14)6-3-5-17/h9-10H,3-8H2,1-2H3. The van der Waals surface area contributed by atoms with Crippen LogP contribution in [0.15, 0.2) is 12.1 Å². The van der Waals surface area contributed by atoms with E-state index in [9.17, 15) is 4.79 Å². The SMILES string of the molecule is Cc1cc(C)c2c(c1)C1(OCCCO1)C(=O)N2CCCBr. The summed E-state index contributed by atoms with van der Waals surface area (Å²) < 4.78 is 11.7. The summed E-state index contributed by atoms with van der Waals surface area (Å²) in [6.45, 7) is 5.88. The van der Waals surface area contributed by atoms with Crippen LogP contribution in [0, 0.1) is 13.8 Å². The molecule has 2 aliphatic heterocycles. The van der Waals surface area contributed by atoms with E-state index in [0.29, 0.717) is 19.8 Å². The van der Waals surface area contributed by atoms with Gasteiger partial charge in [0.2, 0.25) is 0 Å². The Hall–Kier alpha value is -0.910. The number of ether oxygens (including phenoxy) is 2. The molecule has 2 aliphatic rings. The third kappa shape index (κ3) is 2.31. The number of halogens is 1. The van der Waals surface area contributed by atoms with Crippen LogP contribution < -0.4 is 4.90 Å². The highest BCUT2D eigenvalue weighted by molar-refractivity contribution is 9.09. The molecule has 5 heteroatoms. The molecule has 1 saturated heterocycles. The number of amides is 1. The van der Waals surface area contributed by atoms with Crippen LogP contribution in [0.4, 0.5) is 5.69 Å². The van der Waals surface area contributed by atoms with E-state index in [1.54, 1.807) is 0 Å². The summed E-state index contributed by atoms with van der Waals surface area (Å²) in [7, 11) is 0. The third-order valence-electron chi connectivity index (χ3n) is 4.01. The molecule has 0 aromatic heterocycles. The van der Waals surface area contributed by atoms with Crippen LogP contribution in [0.25, 0.3) is 0 Å². The minimum Gasteiger partial charge on any atom is -0.338 e. The second-order valence-electron chi connectivity index (χ2n) is 5.64. The molecule has 0 bridgehead atoms. The van der Waals surface area contributed by atoms with Gasteiger partial charge in [0.15, 0.2) is 0 Å². The number of hydrogen-bond donors (Lipinski definition) is 0. The number of fused-ring (bicyclic) bond motifs is 2. The van der Waals surface area contributed by atoms with Crippen molar-refractivity contribution in [2.24, 2.45) is 0 Å². The molecule has 2 heterocycles. The van der Waals surface area contributed by atoms with Crippen LogP contribution in [0.5, 0.6) is 0 Å². The predicted octanol–water partition coefficient (Wildman–Crippen LogP) is 3.02. The van der Waals surface area contributed by atoms with Gasteiger partial charge in [0.1, 0.15) is 0 Å². The number of alkyl halides is 1. The van der Waals surface area contributed by atoms with Crippen molar-refractivity contribution in [2.75, 3.05) is 30.0 Å². The lowest BCUT2D eigenvalue weighted by Crippen LogP contribution is -2.47. The van der Waals surface area contributed by atoms with Gasteiger partial charge in [-0.05, 0) is 38.3 Å². The fourth-order valence-corrected chi connectivity index (χ4v) is 3.46. The minimum absolute atomic E-state index is 0.0770. The highest BCUT2D eigenvalue weighted by Gasteiger charge is 2.55. The number of aryl methyl sites for hydroxylation is 2. The van der Waals surface area contributed by atoms with Crippen molar-refractivity contribution >= 4 is 27.5 Å². The van der Waals surface area contributed by atoms with Crippen molar-refractivity contribution in [3.63, 3.8) is 0 Å². The number of hydrogen-bond acceptors (Lipinski definition) is 3. The molecule has 1 spiro atoms. The maximum absolute atomic E-state index is 13.0. The zero-order valence-electron chi connectivity index (χ0n) is 12.4. The van der Waals surface area contributed by atoms with Gasteiger partial charge in [-0.1, -0.05) is 27.6 Å². The van der Waals surface area contributed by atoms with Crippen molar-refractivity contribution in [1.82, 2.24) is 0 Å². The molecular formula is C16H20BrNO3. The molecule has 0 unspecified atom stereocenters. The van der Waals surface area contributed by atoms with Crippen molar-refractivity contribution < 1.29 is 14.3 Å². The average molecular weight is 354 g/mol. The Kier molecular flexibility index (Phi) is 4.08. The highest BCUT2D eigenvalue weighted by Crippen LogP contribution is 2.47. The fourth-order valence-electron chi connectivity index (χ4n) is 3.21. The molecule has 0 N–H and O–H groups in total. The molecule has 1 aromatic carbocycles. The van der Waals surface area contributed by atoms with E-state index in [4.69, 9.17) is 9.47 Å².